The number of amides is 2. The maximum Gasteiger partial charge on any atom is 0.229 e. The quantitative estimate of drug-likeness (QED) is 0.893. The first-order valence-electron chi connectivity index (χ1n) is 8.30. The Morgan fingerprint density at radius 3 is 2.44 bits per heavy atom. The molecule has 2 aromatic rings. The summed E-state index contributed by atoms with van der Waals surface area (Å²) in [5.74, 6) is -0.593. The van der Waals surface area contributed by atoms with Crippen molar-refractivity contribution in [2.24, 2.45) is 5.92 Å². The SMILES string of the molecule is Cc1ccc(NC(=O)C2CC(=O)N(c3c(C)cc(C)cc3Cl)C2)cc1. The molecule has 0 aromatic heterocycles. The van der Waals surface area contributed by atoms with Crippen molar-refractivity contribution in [2.45, 2.75) is 27.2 Å². The standard InChI is InChI=1S/C20H21ClN2O2/c1-12-4-6-16(7-5-12)22-20(25)15-10-18(24)23(11-15)19-14(3)8-13(2)9-17(19)21/h4-9,15H,10-11H2,1-3H3,(H,22,25). The molecule has 0 saturated carbocycles. The Morgan fingerprint density at radius 2 is 1.80 bits per heavy atom. The van der Waals surface area contributed by atoms with E-state index in [4.69, 9.17) is 11.6 Å². The molecule has 1 N–H and O–H groups in total. The fourth-order valence-electron chi connectivity index (χ4n) is 3.23. The number of hydrogen-bond acceptors (Lipinski definition) is 2. The number of nitrogens with zero attached hydrogens (tertiary/aromatic N) is 1. The predicted molar refractivity (Wildman–Crippen MR) is 101 cm³/mol. The van der Waals surface area contributed by atoms with Crippen molar-refractivity contribution >= 4 is 34.8 Å². The van der Waals surface area contributed by atoms with Gasteiger partial charge in [-0.25, -0.2) is 0 Å². The van der Waals surface area contributed by atoms with Crippen LogP contribution in [0.3, 0.4) is 0 Å². The third-order valence-electron chi connectivity index (χ3n) is 4.48. The summed E-state index contributed by atoms with van der Waals surface area (Å²) in [6.45, 7) is 6.24. The number of anilines is 2. The third kappa shape index (κ3) is 3.69. The van der Waals surface area contributed by atoms with Crippen LogP contribution >= 0.6 is 11.6 Å². The van der Waals surface area contributed by atoms with Gasteiger partial charge < -0.3 is 10.2 Å². The molecule has 0 aliphatic carbocycles. The highest BCUT2D eigenvalue weighted by molar-refractivity contribution is 6.34. The number of halogens is 1. The Hall–Kier alpha value is -2.33. The van der Waals surface area contributed by atoms with Gasteiger partial charge in [0.25, 0.3) is 0 Å². The lowest BCUT2D eigenvalue weighted by Crippen LogP contribution is -2.28. The second kappa shape index (κ2) is 6.89. The monoisotopic (exact) mass is 356 g/mol. The topological polar surface area (TPSA) is 49.4 Å². The van der Waals surface area contributed by atoms with Crippen LogP contribution in [0.5, 0.6) is 0 Å². The summed E-state index contributed by atoms with van der Waals surface area (Å²) in [4.78, 5) is 26.6. The lowest BCUT2D eigenvalue weighted by Gasteiger charge is -2.21. The summed E-state index contributed by atoms with van der Waals surface area (Å²) in [7, 11) is 0. The zero-order valence-electron chi connectivity index (χ0n) is 14.6. The first-order chi connectivity index (χ1) is 11.8. The number of carbonyl (C=O) groups is 2. The van der Waals surface area contributed by atoms with Crippen LogP contribution < -0.4 is 10.2 Å². The van der Waals surface area contributed by atoms with E-state index in [0.717, 1.165) is 22.4 Å². The molecule has 1 saturated heterocycles. The van der Waals surface area contributed by atoms with Crippen molar-refractivity contribution in [1.82, 2.24) is 0 Å². The van der Waals surface area contributed by atoms with Crippen LogP contribution in [0.4, 0.5) is 11.4 Å². The Labute approximate surface area is 152 Å². The first kappa shape index (κ1) is 17.5. The van der Waals surface area contributed by atoms with Gasteiger partial charge in [-0.05, 0) is 50.1 Å². The average molecular weight is 357 g/mol. The van der Waals surface area contributed by atoms with Crippen molar-refractivity contribution in [1.29, 1.82) is 0 Å². The van der Waals surface area contributed by atoms with E-state index < -0.39 is 0 Å². The maximum atomic E-state index is 12.5. The van der Waals surface area contributed by atoms with E-state index in [9.17, 15) is 9.59 Å². The Balaban J connectivity index is 1.76. The highest BCUT2D eigenvalue weighted by Crippen LogP contribution is 2.35. The van der Waals surface area contributed by atoms with Gasteiger partial charge in [0, 0.05) is 18.7 Å². The average Bonchev–Trinajstić information content (AvgIpc) is 2.90. The van der Waals surface area contributed by atoms with Gasteiger partial charge in [-0.2, -0.15) is 0 Å². The number of carbonyl (C=O) groups excluding carboxylic acids is 2. The molecule has 0 radical (unpaired) electrons. The molecule has 5 heteroatoms. The van der Waals surface area contributed by atoms with Gasteiger partial charge in [-0.1, -0.05) is 35.4 Å². The minimum Gasteiger partial charge on any atom is -0.326 e. The number of aryl methyl sites for hydroxylation is 3. The van der Waals surface area contributed by atoms with Crippen molar-refractivity contribution in [3.8, 4) is 0 Å². The molecule has 2 aromatic carbocycles. The van der Waals surface area contributed by atoms with Crippen molar-refractivity contribution in [3.05, 3.63) is 58.1 Å². The van der Waals surface area contributed by atoms with Gasteiger partial charge in [0.1, 0.15) is 0 Å². The second-order valence-corrected chi connectivity index (χ2v) is 7.08. The molecule has 1 aliphatic heterocycles. The molecule has 0 spiro atoms. The van der Waals surface area contributed by atoms with E-state index in [1.165, 1.54) is 0 Å². The van der Waals surface area contributed by atoms with Crippen LogP contribution in [-0.2, 0) is 9.59 Å². The van der Waals surface area contributed by atoms with Crippen molar-refractivity contribution in [3.63, 3.8) is 0 Å². The van der Waals surface area contributed by atoms with Crippen molar-refractivity contribution in [2.75, 3.05) is 16.8 Å². The number of rotatable bonds is 3. The summed E-state index contributed by atoms with van der Waals surface area (Å²) < 4.78 is 0. The summed E-state index contributed by atoms with van der Waals surface area (Å²) in [5, 5.41) is 3.44. The molecular weight excluding hydrogens is 336 g/mol. The second-order valence-electron chi connectivity index (χ2n) is 6.67. The predicted octanol–water partition coefficient (Wildman–Crippen LogP) is 4.26. The molecule has 2 amide bonds. The molecule has 25 heavy (non-hydrogen) atoms. The molecule has 0 bridgehead atoms. The van der Waals surface area contributed by atoms with Gasteiger partial charge >= 0.3 is 0 Å². The normalized spacial score (nSPS) is 17.0. The largest absolute Gasteiger partial charge is 0.326 e. The van der Waals surface area contributed by atoms with Gasteiger partial charge in [0.2, 0.25) is 11.8 Å². The van der Waals surface area contributed by atoms with E-state index >= 15 is 0 Å². The van der Waals surface area contributed by atoms with E-state index in [0.29, 0.717) is 17.3 Å². The summed E-state index contributed by atoms with van der Waals surface area (Å²) in [6, 6.07) is 11.4. The molecule has 4 nitrogen and oxygen atoms in total. The lowest BCUT2D eigenvalue weighted by atomic mass is 10.1. The van der Waals surface area contributed by atoms with E-state index in [2.05, 4.69) is 5.32 Å². The smallest absolute Gasteiger partial charge is 0.229 e. The first-order valence-corrected chi connectivity index (χ1v) is 8.67. The molecule has 1 aliphatic rings. The van der Waals surface area contributed by atoms with Crippen LogP contribution in [0.25, 0.3) is 0 Å². The summed E-state index contributed by atoms with van der Waals surface area (Å²) in [6.07, 6.45) is 0.196. The van der Waals surface area contributed by atoms with Gasteiger partial charge in [-0.15, -0.1) is 0 Å². The van der Waals surface area contributed by atoms with Crippen LogP contribution in [0.1, 0.15) is 23.1 Å². The molecule has 1 atom stereocenters. The Morgan fingerprint density at radius 1 is 1.12 bits per heavy atom. The van der Waals surface area contributed by atoms with Crippen LogP contribution in [0.2, 0.25) is 5.02 Å². The third-order valence-corrected chi connectivity index (χ3v) is 4.77. The van der Waals surface area contributed by atoms with E-state index in [1.807, 2.05) is 57.2 Å². The van der Waals surface area contributed by atoms with E-state index in [-0.39, 0.29) is 24.2 Å². The van der Waals surface area contributed by atoms with Gasteiger partial charge in [-0.3, -0.25) is 9.59 Å². The number of hydrogen-bond donors (Lipinski definition) is 1. The minimum atomic E-state index is -0.384. The van der Waals surface area contributed by atoms with Crippen LogP contribution in [0, 0.1) is 26.7 Å². The van der Waals surface area contributed by atoms with Crippen LogP contribution in [-0.4, -0.2) is 18.4 Å². The number of nitrogens with one attached hydrogen (secondary N) is 1. The lowest BCUT2D eigenvalue weighted by molar-refractivity contribution is -0.122. The maximum absolute atomic E-state index is 12.5. The number of benzene rings is 2. The summed E-state index contributed by atoms with van der Waals surface area (Å²) in [5.41, 5.74) is 4.57. The Kier molecular flexibility index (Phi) is 4.82. The summed E-state index contributed by atoms with van der Waals surface area (Å²) >= 11 is 6.36. The highest BCUT2D eigenvalue weighted by atomic mass is 35.5. The van der Waals surface area contributed by atoms with E-state index in [1.54, 1.807) is 4.90 Å². The molecule has 1 fully saturated rings. The minimum absolute atomic E-state index is 0.0714. The highest BCUT2D eigenvalue weighted by Gasteiger charge is 2.36. The zero-order chi connectivity index (χ0) is 18.1. The van der Waals surface area contributed by atoms with Gasteiger partial charge in [0.05, 0.1) is 16.6 Å². The molecule has 1 heterocycles. The fraction of sp³-hybridized carbons (Fsp3) is 0.300. The molecule has 130 valence electrons. The zero-order valence-corrected chi connectivity index (χ0v) is 15.4. The fourth-order valence-corrected chi connectivity index (χ4v) is 3.65. The molecule has 1 unspecified atom stereocenters. The molecule has 3 rings (SSSR count). The van der Waals surface area contributed by atoms with Gasteiger partial charge in [0.15, 0.2) is 0 Å². The van der Waals surface area contributed by atoms with Crippen LogP contribution in [0.15, 0.2) is 36.4 Å². The molecular formula is C20H21ClN2O2. The Bertz CT molecular complexity index is 807. The van der Waals surface area contributed by atoms with Crippen molar-refractivity contribution < 1.29 is 9.59 Å².